The van der Waals surface area contributed by atoms with E-state index in [2.05, 4.69) is 10.3 Å². The Labute approximate surface area is 117 Å². The molecule has 0 aliphatic carbocycles. The molecule has 1 atom stereocenters. The quantitative estimate of drug-likeness (QED) is 0.725. The SMILES string of the molecule is CC(C)(C)C(CCO)Nc1cc(C(=O)O)cc(Cl)n1. The Balaban J connectivity index is 2.99. The van der Waals surface area contributed by atoms with Crippen molar-refractivity contribution in [2.24, 2.45) is 5.41 Å². The number of halogens is 1. The minimum Gasteiger partial charge on any atom is -0.478 e. The van der Waals surface area contributed by atoms with E-state index in [1.165, 1.54) is 12.1 Å². The van der Waals surface area contributed by atoms with E-state index < -0.39 is 5.97 Å². The van der Waals surface area contributed by atoms with Crippen molar-refractivity contribution >= 4 is 23.4 Å². The Kier molecular flexibility index (Phi) is 5.14. The first-order chi connectivity index (χ1) is 8.74. The Hall–Kier alpha value is -1.33. The summed E-state index contributed by atoms with van der Waals surface area (Å²) in [6.45, 7) is 6.14. The summed E-state index contributed by atoms with van der Waals surface area (Å²) in [5.41, 5.74) is -0.0185. The molecule has 0 aliphatic heterocycles. The Bertz CT molecular complexity index is 458. The van der Waals surface area contributed by atoms with E-state index in [1.54, 1.807) is 0 Å². The van der Waals surface area contributed by atoms with Gasteiger partial charge in [0.2, 0.25) is 0 Å². The van der Waals surface area contributed by atoms with Gasteiger partial charge >= 0.3 is 5.97 Å². The number of carboxylic acids is 1. The van der Waals surface area contributed by atoms with Crippen molar-refractivity contribution in [1.82, 2.24) is 4.98 Å². The van der Waals surface area contributed by atoms with Crippen LogP contribution in [0.5, 0.6) is 0 Å². The van der Waals surface area contributed by atoms with Gasteiger partial charge in [0.05, 0.1) is 5.56 Å². The molecule has 106 valence electrons. The number of pyridine rings is 1. The lowest BCUT2D eigenvalue weighted by atomic mass is 9.85. The number of hydrogen-bond donors (Lipinski definition) is 3. The maximum Gasteiger partial charge on any atom is 0.335 e. The maximum atomic E-state index is 11.0. The van der Waals surface area contributed by atoms with E-state index in [0.29, 0.717) is 12.2 Å². The molecule has 1 unspecified atom stereocenters. The van der Waals surface area contributed by atoms with Crippen LogP contribution < -0.4 is 5.32 Å². The van der Waals surface area contributed by atoms with Crippen LogP contribution >= 0.6 is 11.6 Å². The fourth-order valence-electron chi connectivity index (χ4n) is 1.72. The number of anilines is 1. The van der Waals surface area contributed by atoms with Gasteiger partial charge in [-0.1, -0.05) is 32.4 Å². The molecule has 0 aliphatic rings. The summed E-state index contributed by atoms with van der Waals surface area (Å²) < 4.78 is 0. The van der Waals surface area contributed by atoms with Gasteiger partial charge in [-0.05, 0) is 24.0 Å². The Morgan fingerprint density at radius 3 is 2.58 bits per heavy atom. The molecule has 0 fully saturated rings. The zero-order valence-electron chi connectivity index (χ0n) is 11.3. The van der Waals surface area contributed by atoms with Gasteiger partial charge in [0.15, 0.2) is 0 Å². The zero-order valence-corrected chi connectivity index (χ0v) is 12.0. The van der Waals surface area contributed by atoms with Crippen LogP contribution in [0.4, 0.5) is 5.82 Å². The van der Waals surface area contributed by atoms with Crippen molar-refractivity contribution in [1.29, 1.82) is 0 Å². The number of carbonyl (C=O) groups is 1. The second-order valence-corrected chi connectivity index (χ2v) is 5.83. The molecule has 1 aromatic heterocycles. The molecule has 0 amide bonds. The van der Waals surface area contributed by atoms with Gasteiger partial charge in [-0.15, -0.1) is 0 Å². The topological polar surface area (TPSA) is 82.5 Å². The number of hydrogen-bond acceptors (Lipinski definition) is 4. The van der Waals surface area contributed by atoms with Crippen LogP contribution in [0.1, 0.15) is 37.6 Å². The molecule has 6 heteroatoms. The van der Waals surface area contributed by atoms with Crippen molar-refractivity contribution in [3.8, 4) is 0 Å². The highest BCUT2D eigenvalue weighted by molar-refractivity contribution is 6.29. The Morgan fingerprint density at radius 2 is 2.11 bits per heavy atom. The van der Waals surface area contributed by atoms with Crippen LogP contribution in [0.15, 0.2) is 12.1 Å². The lowest BCUT2D eigenvalue weighted by Crippen LogP contribution is -2.35. The van der Waals surface area contributed by atoms with Crippen LogP contribution in [0.25, 0.3) is 0 Å². The molecule has 1 rings (SSSR count). The fraction of sp³-hybridized carbons (Fsp3) is 0.538. The van der Waals surface area contributed by atoms with E-state index in [-0.39, 0.29) is 28.8 Å². The lowest BCUT2D eigenvalue weighted by Gasteiger charge is -2.31. The van der Waals surface area contributed by atoms with E-state index in [1.807, 2.05) is 20.8 Å². The first-order valence-electron chi connectivity index (χ1n) is 6.02. The summed E-state index contributed by atoms with van der Waals surface area (Å²) in [6, 6.07) is 2.70. The Morgan fingerprint density at radius 1 is 1.47 bits per heavy atom. The average molecular weight is 287 g/mol. The molecule has 0 saturated heterocycles. The third-order valence-electron chi connectivity index (χ3n) is 2.83. The minimum atomic E-state index is -1.05. The fourth-order valence-corrected chi connectivity index (χ4v) is 1.93. The molecule has 0 spiro atoms. The summed E-state index contributed by atoms with van der Waals surface area (Å²) in [5.74, 6) is -0.653. The second kappa shape index (κ2) is 6.21. The lowest BCUT2D eigenvalue weighted by molar-refractivity contribution is 0.0697. The molecule has 3 N–H and O–H groups in total. The molecular formula is C13H19ClN2O3. The van der Waals surface area contributed by atoms with Crippen molar-refractivity contribution < 1.29 is 15.0 Å². The van der Waals surface area contributed by atoms with Gasteiger partial charge in [0.25, 0.3) is 0 Å². The van der Waals surface area contributed by atoms with E-state index >= 15 is 0 Å². The number of aliphatic hydroxyl groups is 1. The smallest absolute Gasteiger partial charge is 0.335 e. The predicted molar refractivity (Wildman–Crippen MR) is 74.8 cm³/mol. The highest BCUT2D eigenvalue weighted by atomic mass is 35.5. The normalized spacial score (nSPS) is 13.1. The molecule has 19 heavy (non-hydrogen) atoms. The van der Waals surface area contributed by atoms with E-state index in [9.17, 15) is 4.79 Å². The van der Waals surface area contributed by atoms with Crippen molar-refractivity contribution in [2.45, 2.75) is 33.2 Å². The zero-order chi connectivity index (χ0) is 14.6. The molecule has 0 bridgehead atoms. The maximum absolute atomic E-state index is 11.0. The molecule has 5 nitrogen and oxygen atoms in total. The van der Waals surface area contributed by atoms with E-state index in [0.717, 1.165) is 0 Å². The molecule has 1 heterocycles. The first kappa shape index (κ1) is 15.7. The summed E-state index contributed by atoms with van der Waals surface area (Å²) in [5, 5.41) is 21.3. The van der Waals surface area contributed by atoms with Crippen LogP contribution in [0.2, 0.25) is 5.15 Å². The van der Waals surface area contributed by atoms with Crippen LogP contribution in [-0.4, -0.2) is 33.8 Å². The monoisotopic (exact) mass is 286 g/mol. The van der Waals surface area contributed by atoms with Gasteiger partial charge in [-0.2, -0.15) is 0 Å². The number of nitrogens with one attached hydrogen (secondary N) is 1. The van der Waals surface area contributed by atoms with Gasteiger partial charge in [0.1, 0.15) is 11.0 Å². The number of rotatable bonds is 5. The van der Waals surface area contributed by atoms with Crippen molar-refractivity contribution in [3.63, 3.8) is 0 Å². The van der Waals surface area contributed by atoms with Crippen LogP contribution in [0.3, 0.4) is 0 Å². The van der Waals surface area contributed by atoms with Crippen molar-refractivity contribution in [2.75, 3.05) is 11.9 Å². The summed E-state index contributed by atoms with van der Waals surface area (Å²) in [4.78, 5) is 15.0. The number of aromatic carboxylic acids is 1. The molecule has 1 aromatic rings. The van der Waals surface area contributed by atoms with E-state index in [4.69, 9.17) is 21.8 Å². The minimum absolute atomic E-state index is 0.0369. The predicted octanol–water partition coefficient (Wildman–Crippen LogP) is 2.64. The third-order valence-corrected chi connectivity index (χ3v) is 3.02. The van der Waals surface area contributed by atoms with Crippen LogP contribution in [0, 0.1) is 5.41 Å². The molecule has 0 radical (unpaired) electrons. The summed E-state index contributed by atoms with van der Waals surface area (Å²) >= 11 is 5.81. The number of nitrogens with zero attached hydrogens (tertiary/aromatic N) is 1. The summed E-state index contributed by atoms with van der Waals surface area (Å²) in [6.07, 6.45) is 0.542. The van der Waals surface area contributed by atoms with Crippen LogP contribution in [-0.2, 0) is 0 Å². The highest BCUT2D eigenvalue weighted by Crippen LogP contribution is 2.26. The second-order valence-electron chi connectivity index (χ2n) is 5.44. The molecule has 0 aromatic carbocycles. The molecule has 0 saturated carbocycles. The van der Waals surface area contributed by atoms with Gasteiger partial charge in [-0.25, -0.2) is 9.78 Å². The van der Waals surface area contributed by atoms with Gasteiger partial charge in [-0.3, -0.25) is 0 Å². The van der Waals surface area contributed by atoms with Gasteiger partial charge in [0, 0.05) is 12.6 Å². The summed E-state index contributed by atoms with van der Waals surface area (Å²) in [7, 11) is 0. The first-order valence-corrected chi connectivity index (χ1v) is 6.40. The third kappa shape index (κ3) is 4.69. The van der Waals surface area contributed by atoms with Crippen molar-refractivity contribution in [3.05, 3.63) is 22.8 Å². The largest absolute Gasteiger partial charge is 0.478 e. The average Bonchev–Trinajstić information content (AvgIpc) is 2.26. The number of carboxylic acid groups (broad SMARTS) is 1. The number of aliphatic hydroxyl groups excluding tert-OH is 1. The highest BCUT2D eigenvalue weighted by Gasteiger charge is 2.24. The number of aromatic nitrogens is 1. The standard InChI is InChI=1S/C13H19ClN2O3/c1-13(2,3)9(4-5-17)15-11-7-8(12(18)19)6-10(14)16-11/h6-7,9,17H,4-5H2,1-3H3,(H,15,16)(H,18,19). The van der Waals surface area contributed by atoms with Gasteiger partial charge < -0.3 is 15.5 Å². The molecular weight excluding hydrogens is 268 g/mol.